The molecule has 0 aromatic carbocycles. The first kappa shape index (κ1) is 20.8. The van der Waals surface area contributed by atoms with E-state index in [1.165, 1.54) is 33.7 Å². The van der Waals surface area contributed by atoms with Crippen molar-refractivity contribution in [3.63, 3.8) is 0 Å². The second-order valence-electron chi connectivity index (χ2n) is 5.26. The van der Waals surface area contributed by atoms with Crippen LogP contribution >= 0.6 is 0 Å². The lowest BCUT2D eigenvalue weighted by Gasteiger charge is -2.26. The van der Waals surface area contributed by atoms with Crippen LogP contribution in [0.2, 0.25) is 0 Å². The van der Waals surface area contributed by atoms with Crippen molar-refractivity contribution >= 4 is 0 Å². The molecule has 0 aliphatic heterocycles. The average molecular weight is 346 g/mol. The van der Waals surface area contributed by atoms with E-state index in [0.29, 0.717) is 11.4 Å². The molecule has 0 bridgehead atoms. The van der Waals surface area contributed by atoms with Crippen LogP contribution in [0.5, 0.6) is 0 Å². The van der Waals surface area contributed by atoms with Gasteiger partial charge in [-0.15, -0.1) is 0 Å². The smallest absolute Gasteiger partial charge is 0.129 e. The zero-order valence-corrected chi connectivity index (χ0v) is 14.1. The molecule has 0 unspecified atom stereocenters. The molecule has 1 aromatic heterocycles. The van der Waals surface area contributed by atoms with Gasteiger partial charge in [0.2, 0.25) is 0 Å². The number of hydrogen-bond acceptors (Lipinski definition) is 9. The number of aliphatic hydroxyl groups excluding tert-OH is 4. The molecular formula is C15H26N2O7. The molecule has 9 heteroatoms. The molecule has 0 amide bonds. The van der Waals surface area contributed by atoms with Gasteiger partial charge < -0.3 is 34.6 Å². The molecule has 9 nitrogen and oxygen atoms in total. The zero-order valence-electron chi connectivity index (χ0n) is 14.1. The van der Waals surface area contributed by atoms with Gasteiger partial charge in [0.1, 0.15) is 24.4 Å². The third-order valence-electron chi connectivity index (χ3n) is 3.77. The number of rotatable bonds is 11. The summed E-state index contributed by atoms with van der Waals surface area (Å²) in [7, 11) is 4.18. The van der Waals surface area contributed by atoms with Crippen molar-refractivity contribution in [1.29, 1.82) is 0 Å². The van der Waals surface area contributed by atoms with E-state index >= 15 is 0 Å². The molecule has 1 aromatic rings. The summed E-state index contributed by atoms with van der Waals surface area (Å²) in [4.78, 5) is 8.36. The lowest BCUT2D eigenvalue weighted by molar-refractivity contribution is -0.106. The summed E-state index contributed by atoms with van der Waals surface area (Å²) in [6.07, 6.45) is -1.36. The van der Waals surface area contributed by atoms with Crippen molar-refractivity contribution in [2.24, 2.45) is 0 Å². The second kappa shape index (κ2) is 10.6. The molecule has 24 heavy (non-hydrogen) atoms. The Morgan fingerprint density at radius 1 is 0.917 bits per heavy atom. The fourth-order valence-corrected chi connectivity index (χ4v) is 2.27. The van der Waals surface area contributed by atoms with Gasteiger partial charge in [-0.25, -0.2) is 0 Å². The maximum absolute atomic E-state index is 10.2. The fraction of sp³-hybridized carbons (Fsp3) is 0.733. The highest BCUT2D eigenvalue weighted by Gasteiger charge is 2.30. The van der Waals surface area contributed by atoms with Gasteiger partial charge in [-0.3, -0.25) is 9.97 Å². The Morgan fingerprint density at radius 3 is 1.96 bits per heavy atom. The van der Waals surface area contributed by atoms with E-state index < -0.39 is 30.5 Å². The lowest BCUT2D eigenvalue weighted by atomic mass is 10.1. The minimum Gasteiger partial charge on any atom is -0.394 e. The van der Waals surface area contributed by atoms with Crippen LogP contribution < -0.4 is 0 Å². The van der Waals surface area contributed by atoms with Crippen molar-refractivity contribution < 1.29 is 34.6 Å². The van der Waals surface area contributed by atoms with Crippen LogP contribution in [0.25, 0.3) is 0 Å². The molecule has 0 fully saturated rings. The minimum absolute atomic E-state index is 0.157. The van der Waals surface area contributed by atoms with Crippen LogP contribution in [0, 0.1) is 0 Å². The molecule has 1 rings (SSSR count). The van der Waals surface area contributed by atoms with E-state index in [4.69, 9.17) is 19.3 Å². The van der Waals surface area contributed by atoms with Crippen LogP contribution in [0.4, 0.5) is 0 Å². The molecule has 0 saturated heterocycles. The number of ether oxygens (including phenoxy) is 3. The molecule has 0 aliphatic carbocycles. The maximum Gasteiger partial charge on any atom is 0.129 e. The van der Waals surface area contributed by atoms with Gasteiger partial charge in [0.05, 0.1) is 36.9 Å². The van der Waals surface area contributed by atoms with Gasteiger partial charge >= 0.3 is 0 Å². The predicted octanol–water partition coefficient (Wildman–Crippen LogP) is -1.56. The molecule has 0 radical (unpaired) electrons. The Morgan fingerprint density at radius 2 is 1.54 bits per heavy atom. The van der Waals surface area contributed by atoms with E-state index in [9.17, 15) is 15.3 Å². The van der Waals surface area contributed by atoms with Crippen LogP contribution in [0.3, 0.4) is 0 Å². The Hall–Kier alpha value is -1.20. The summed E-state index contributed by atoms with van der Waals surface area (Å²) < 4.78 is 15.2. The molecule has 138 valence electrons. The molecule has 4 N–H and O–H groups in total. The summed E-state index contributed by atoms with van der Waals surface area (Å²) in [5, 5.41) is 38.4. The third kappa shape index (κ3) is 5.42. The number of nitrogens with zero attached hydrogens (tertiary/aromatic N) is 2. The van der Waals surface area contributed by atoms with Crippen LogP contribution in [0.15, 0.2) is 12.4 Å². The van der Waals surface area contributed by atoms with Gasteiger partial charge in [-0.1, -0.05) is 0 Å². The van der Waals surface area contributed by atoms with E-state index in [-0.39, 0.29) is 19.6 Å². The molecule has 0 spiro atoms. The summed E-state index contributed by atoms with van der Waals surface area (Å²) in [6, 6.07) is 0. The SMILES string of the molecule is CO[C@H](c1cnc(C[C@H](O)[C@@H](CO)OC)cn1)[C@H](O)[C@@H](CO)OC. The fourth-order valence-electron chi connectivity index (χ4n) is 2.27. The standard InChI is InChI=1S/C15H26N2O7/c1-22-12(7-18)11(20)4-9-5-17-10(6-16-9)15(24-3)14(21)13(8-19)23-2/h5-6,11-15,18-21H,4,7-8H2,1-3H3/t11-,12+,13+,14+,15+/m0/s1. The second-order valence-corrected chi connectivity index (χ2v) is 5.26. The predicted molar refractivity (Wildman–Crippen MR) is 83.3 cm³/mol. The highest BCUT2D eigenvalue weighted by Crippen LogP contribution is 2.21. The highest BCUT2D eigenvalue weighted by molar-refractivity contribution is 5.08. The first-order valence-corrected chi connectivity index (χ1v) is 7.49. The van der Waals surface area contributed by atoms with E-state index in [0.717, 1.165) is 0 Å². The number of aromatic nitrogens is 2. The van der Waals surface area contributed by atoms with Gasteiger partial charge in [-0.05, 0) is 0 Å². The first-order valence-electron chi connectivity index (χ1n) is 7.49. The number of methoxy groups -OCH3 is 3. The molecule has 5 atom stereocenters. The Labute approximate surface area is 140 Å². The third-order valence-corrected chi connectivity index (χ3v) is 3.77. The highest BCUT2D eigenvalue weighted by atomic mass is 16.5. The van der Waals surface area contributed by atoms with Gasteiger partial charge in [-0.2, -0.15) is 0 Å². The summed E-state index contributed by atoms with van der Waals surface area (Å²) in [6.45, 7) is -0.671. The van der Waals surface area contributed by atoms with E-state index in [1.54, 1.807) is 0 Å². The molecule has 0 aliphatic rings. The minimum atomic E-state index is -1.12. The Balaban J connectivity index is 2.81. The van der Waals surface area contributed by atoms with Crippen molar-refractivity contribution in [1.82, 2.24) is 9.97 Å². The maximum atomic E-state index is 10.2. The Kier molecular flexibility index (Phi) is 9.22. The van der Waals surface area contributed by atoms with Crippen molar-refractivity contribution in [3.05, 3.63) is 23.8 Å². The van der Waals surface area contributed by atoms with Crippen LogP contribution in [-0.2, 0) is 20.6 Å². The average Bonchev–Trinajstić information content (AvgIpc) is 2.59. The number of hydrogen-bond donors (Lipinski definition) is 4. The normalized spacial score (nSPS) is 18.0. The van der Waals surface area contributed by atoms with Gasteiger partial charge in [0.15, 0.2) is 0 Å². The monoisotopic (exact) mass is 346 g/mol. The van der Waals surface area contributed by atoms with Crippen LogP contribution in [0.1, 0.15) is 17.5 Å². The van der Waals surface area contributed by atoms with E-state index in [2.05, 4.69) is 9.97 Å². The molecular weight excluding hydrogens is 320 g/mol. The van der Waals surface area contributed by atoms with Crippen molar-refractivity contribution in [2.45, 2.75) is 36.9 Å². The van der Waals surface area contributed by atoms with Gasteiger partial charge in [0, 0.05) is 33.9 Å². The van der Waals surface area contributed by atoms with Crippen LogP contribution in [-0.4, -0.2) is 89.4 Å². The van der Waals surface area contributed by atoms with Crippen molar-refractivity contribution in [3.8, 4) is 0 Å². The quantitative estimate of drug-likeness (QED) is 0.375. The molecule has 1 heterocycles. The zero-order chi connectivity index (χ0) is 18.1. The summed E-state index contributed by atoms with van der Waals surface area (Å²) >= 11 is 0. The molecule has 0 saturated carbocycles. The van der Waals surface area contributed by atoms with Gasteiger partial charge in [0.25, 0.3) is 0 Å². The summed E-state index contributed by atoms with van der Waals surface area (Å²) in [5.41, 5.74) is 0.862. The summed E-state index contributed by atoms with van der Waals surface area (Å²) in [5.74, 6) is 0. The largest absolute Gasteiger partial charge is 0.394 e. The lowest BCUT2D eigenvalue weighted by Crippen LogP contribution is -2.37. The van der Waals surface area contributed by atoms with E-state index in [1.807, 2.05) is 0 Å². The first-order chi connectivity index (χ1) is 11.5. The topological polar surface area (TPSA) is 134 Å². The van der Waals surface area contributed by atoms with Crippen molar-refractivity contribution in [2.75, 3.05) is 34.5 Å². The Bertz CT molecular complexity index is 452. The number of aliphatic hydroxyl groups is 4.